The van der Waals surface area contributed by atoms with Gasteiger partial charge in [-0.05, 0) is 48.1 Å². The van der Waals surface area contributed by atoms with Crippen LogP contribution in [-0.2, 0) is 24.1 Å². The van der Waals surface area contributed by atoms with Crippen molar-refractivity contribution in [3.63, 3.8) is 0 Å². The normalized spacial score (nSPS) is 19.0. The molecule has 0 aromatic heterocycles. The fraction of sp³-hybridized carbons (Fsp3) is 0.381. The van der Waals surface area contributed by atoms with E-state index in [9.17, 15) is 4.79 Å². The van der Waals surface area contributed by atoms with Crippen LogP contribution in [0.2, 0.25) is 0 Å². The number of rotatable bonds is 6. The lowest BCUT2D eigenvalue weighted by Crippen LogP contribution is -2.43. The van der Waals surface area contributed by atoms with Crippen LogP contribution in [0.15, 0.2) is 48.5 Å². The molecule has 2 aromatic carbocycles. The number of nitrogens with one attached hydrogen (secondary N) is 2. The van der Waals surface area contributed by atoms with E-state index in [2.05, 4.69) is 52.0 Å². The number of hydrogen-bond acceptors (Lipinski definition) is 4. The monoisotopic (exact) mass is 458 g/mol. The molecule has 4 N–H and O–H groups in total. The molecule has 2 heterocycles. The van der Waals surface area contributed by atoms with Crippen molar-refractivity contribution < 1.29 is 4.79 Å². The molecule has 0 radical (unpaired) electrons. The zero-order valence-corrected chi connectivity index (χ0v) is 18.6. The van der Waals surface area contributed by atoms with Gasteiger partial charge in [0, 0.05) is 30.9 Å². The van der Waals surface area contributed by atoms with E-state index in [1.54, 1.807) is 0 Å². The average molecular weight is 460 g/mol. The van der Waals surface area contributed by atoms with Crippen molar-refractivity contribution >= 4 is 48.8 Å². The number of hydrogen-bond donors (Lipinski definition) is 3. The quantitative estimate of drug-likeness (QED) is 0.353. The zero-order chi connectivity index (χ0) is 17.9. The van der Waals surface area contributed by atoms with Crippen LogP contribution >= 0.6 is 37.2 Å². The van der Waals surface area contributed by atoms with Gasteiger partial charge in [0.15, 0.2) is 0 Å². The highest BCUT2D eigenvalue weighted by atomic mass is 35.5. The molecule has 0 aliphatic carbocycles. The van der Waals surface area contributed by atoms with Gasteiger partial charge in [-0.1, -0.05) is 36.4 Å². The van der Waals surface area contributed by atoms with Crippen molar-refractivity contribution in [2.75, 3.05) is 18.0 Å². The van der Waals surface area contributed by atoms with Gasteiger partial charge in [-0.15, -0.1) is 37.2 Å². The Morgan fingerprint density at radius 3 is 2.00 bits per heavy atom. The van der Waals surface area contributed by atoms with Crippen LogP contribution in [0.3, 0.4) is 0 Å². The maximum Gasteiger partial charge on any atom is 0.238 e. The molecule has 2 saturated heterocycles. The van der Waals surface area contributed by atoms with Crippen LogP contribution in [0, 0.1) is 0 Å². The molecule has 2 aliphatic rings. The fourth-order valence-electron chi connectivity index (χ4n) is 4.08. The van der Waals surface area contributed by atoms with E-state index in [0.29, 0.717) is 18.5 Å². The number of nitrogens with zero attached hydrogens (tertiary/aromatic N) is 1. The van der Waals surface area contributed by atoms with Gasteiger partial charge in [-0.3, -0.25) is 10.2 Å². The summed E-state index contributed by atoms with van der Waals surface area (Å²) in [6, 6.07) is 18.6. The SMILES string of the molecule is Cl.Cl.Cl.NNC(=O)Cc1ccc(CCc2ccc(N3CC4CC3CN4)cc2)cc1. The number of piperazine rings is 1. The topological polar surface area (TPSA) is 70.4 Å². The van der Waals surface area contributed by atoms with E-state index in [1.165, 1.54) is 23.2 Å². The minimum atomic E-state index is -0.167. The third-order valence-electron chi connectivity index (χ3n) is 5.58. The van der Waals surface area contributed by atoms with Gasteiger partial charge in [0.05, 0.1) is 6.42 Å². The second-order valence-corrected chi connectivity index (χ2v) is 7.37. The Bertz CT molecular complexity index is 771. The number of amides is 1. The molecule has 29 heavy (non-hydrogen) atoms. The second kappa shape index (κ2) is 11.6. The molecule has 0 spiro atoms. The van der Waals surface area contributed by atoms with Gasteiger partial charge in [0.25, 0.3) is 0 Å². The van der Waals surface area contributed by atoms with Crippen LogP contribution < -0.4 is 21.5 Å². The van der Waals surface area contributed by atoms with Gasteiger partial charge in [-0.25, -0.2) is 5.84 Å². The summed E-state index contributed by atoms with van der Waals surface area (Å²) in [5.41, 5.74) is 7.15. The number of benzene rings is 2. The second-order valence-electron chi connectivity index (χ2n) is 7.37. The maximum atomic E-state index is 11.3. The largest absolute Gasteiger partial charge is 0.366 e. The smallest absolute Gasteiger partial charge is 0.238 e. The first-order valence-corrected chi connectivity index (χ1v) is 9.37. The molecule has 2 unspecified atom stereocenters. The van der Waals surface area contributed by atoms with Crippen LogP contribution in [-0.4, -0.2) is 31.1 Å². The summed E-state index contributed by atoms with van der Waals surface area (Å²) in [5.74, 6) is 4.96. The highest BCUT2D eigenvalue weighted by Gasteiger charge is 2.37. The first-order chi connectivity index (χ1) is 12.7. The van der Waals surface area contributed by atoms with Gasteiger partial charge in [0.2, 0.25) is 5.91 Å². The van der Waals surface area contributed by atoms with Crippen LogP contribution in [0.1, 0.15) is 23.1 Å². The molecule has 2 bridgehead atoms. The Morgan fingerprint density at radius 2 is 1.52 bits per heavy atom. The highest BCUT2D eigenvalue weighted by Crippen LogP contribution is 2.29. The Balaban J connectivity index is 0.00000140. The Kier molecular flexibility index (Phi) is 10.2. The summed E-state index contributed by atoms with van der Waals surface area (Å²) >= 11 is 0. The van der Waals surface area contributed by atoms with E-state index in [-0.39, 0.29) is 43.1 Å². The lowest BCUT2D eigenvalue weighted by Gasteiger charge is -2.29. The summed E-state index contributed by atoms with van der Waals surface area (Å²) in [4.78, 5) is 13.8. The third-order valence-corrected chi connectivity index (χ3v) is 5.58. The van der Waals surface area contributed by atoms with Crippen molar-refractivity contribution in [2.45, 2.75) is 37.8 Å². The standard InChI is InChI=1S/C21H26N4O.3ClH/c22-24-21(26)11-17-5-3-15(4-6-17)1-2-16-7-9-19(10-8-16)25-14-18-12-20(25)13-23-18;;;/h3-10,18,20,23H,1-2,11-14,22H2,(H,24,26);3*1H. The molecule has 2 aliphatic heterocycles. The minimum absolute atomic E-state index is 0. The molecular formula is C21H29Cl3N4O. The van der Waals surface area contributed by atoms with E-state index >= 15 is 0 Å². The predicted octanol–water partition coefficient (Wildman–Crippen LogP) is 2.82. The van der Waals surface area contributed by atoms with Gasteiger partial charge in [0.1, 0.15) is 0 Å². The van der Waals surface area contributed by atoms with Gasteiger partial charge >= 0.3 is 0 Å². The minimum Gasteiger partial charge on any atom is -0.366 e. The summed E-state index contributed by atoms with van der Waals surface area (Å²) in [5, 5.41) is 3.55. The molecule has 2 aromatic rings. The number of fused-ring (bicyclic) bond motifs is 2. The van der Waals surface area contributed by atoms with Crippen molar-refractivity contribution in [1.29, 1.82) is 0 Å². The molecule has 2 fully saturated rings. The van der Waals surface area contributed by atoms with Crippen LogP contribution in [0.25, 0.3) is 0 Å². The van der Waals surface area contributed by atoms with Crippen molar-refractivity contribution in [1.82, 2.24) is 10.7 Å². The van der Waals surface area contributed by atoms with Gasteiger partial charge in [-0.2, -0.15) is 0 Å². The number of aryl methyl sites for hydroxylation is 2. The van der Waals surface area contributed by atoms with Crippen molar-refractivity contribution in [3.8, 4) is 0 Å². The summed E-state index contributed by atoms with van der Waals surface area (Å²) in [7, 11) is 0. The molecule has 8 heteroatoms. The number of carbonyl (C=O) groups is 1. The molecular weight excluding hydrogens is 431 g/mol. The van der Waals surface area contributed by atoms with Crippen LogP contribution in [0.5, 0.6) is 0 Å². The Labute approximate surface area is 191 Å². The van der Waals surface area contributed by atoms with Gasteiger partial charge < -0.3 is 10.2 Å². The lowest BCUT2D eigenvalue weighted by atomic mass is 10.0. The summed E-state index contributed by atoms with van der Waals surface area (Å²) in [6.45, 7) is 2.26. The van der Waals surface area contributed by atoms with E-state index in [1.807, 2.05) is 12.1 Å². The van der Waals surface area contributed by atoms with Crippen molar-refractivity contribution in [3.05, 3.63) is 65.2 Å². The molecule has 5 nitrogen and oxygen atoms in total. The molecule has 4 rings (SSSR count). The molecule has 0 saturated carbocycles. The Hall–Kier alpha value is -1.50. The number of halogens is 3. The number of anilines is 1. The highest BCUT2D eigenvalue weighted by molar-refractivity contribution is 5.86. The fourth-order valence-corrected chi connectivity index (χ4v) is 4.08. The first-order valence-electron chi connectivity index (χ1n) is 9.37. The third kappa shape index (κ3) is 6.24. The Morgan fingerprint density at radius 1 is 0.966 bits per heavy atom. The number of hydrazine groups is 1. The number of carbonyl (C=O) groups excluding carboxylic acids is 1. The van der Waals surface area contributed by atoms with Crippen molar-refractivity contribution in [2.24, 2.45) is 5.84 Å². The van der Waals surface area contributed by atoms with E-state index < -0.39 is 0 Å². The molecule has 2 atom stereocenters. The summed E-state index contributed by atoms with van der Waals surface area (Å²) in [6.07, 6.45) is 3.63. The number of nitrogens with two attached hydrogens (primary N) is 1. The first kappa shape index (κ1) is 25.5. The molecule has 160 valence electrons. The summed E-state index contributed by atoms with van der Waals surface area (Å²) < 4.78 is 0. The van der Waals surface area contributed by atoms with E-state index in [4.69, 9.17) is 5.84 Å². The van der Waals surface area contributed by atoms with E-state index in [0.717, 1.165) is 31.5 Å². The van der Waals surface area contributed by atoms with Crippen LogP contribution in [0.4, 0.5) is 5.69 Å². The lowest BCUT2D eigenvalue weighted by molar-refractivity contribution is -0.120. The molecule has 1 amide bonds. The maximum absolute atomic E-state index is 11.3. The zero-order valence-electron chi connectivity index (χ0n) is 16.2. The average Bonchev–Trinajstić information content (AvgIpc) is 3.31. The predicted molar refractivity (Wildman–Crippen MR) is 126 cm³/mol.